The molecule has 27 heavy (non-hydrogen) atoms. The van der Waals surface area contributed by atoms with Crippen LogP contribution in [-0.4, -0.2) is 16.9 Å². The van der Waals surface area contributed by atoms with Gasteiger partial charge in [-0.05, 0) is 78.9 Å². The standard InChI is InChI=1S/C22H17ClN2O2/c1-26-19-10-12-21(13-11-19)27-20-8-2-16(3-9-20)22-14-15-25(24-22)18-6-4-17(23)5-7-18/h2-15H,1H3. The summed E-state index contributed by atoms with van der Waals surface area (Å²) in [5, 5.41) is 5.34. The zero-order valence-electron chi connectivity index (χ0n) is 14.7. The van der Waals surface area contributed by atoms with Crippen molar-refractivity contribution in [2.24, 2.45) is 0 Å². The molecule has 0 N–H and O–H groups in total. The summed E-state index contributed by atoms with van der Waals surface area (Å²) in [7, 11) is 1.64. The highest BCUT2D eigenvalue weighted by molar-refractivity contribution is 6.30. The molecule has 4 rings (SSSR count). The van der Waals surface area contributed by atoms with Crippen molar-refractivity contribution in [3.05, 3.63) is 90.1 Å². The monoisotopic (exact) mass is 376 g/mol. The molecule has 1 aromatic heterocycles. The van der Waals surface area contributed by atoms with Crippen LogP contribution in [0.1, 0.15) is 0 Å². The van der Waals surface area contributed by atoms with Gasteiger partial charge in [-0.25, -0.2) is 4.68 Å². The molecule has 0 saturated carbocycles. The van der Waals surface area contributed by atoms with E-state index in [9.17, 15) is 0 Å². The summed E-state index contributed by atoms with van der Waals surface area (Å²) in [6, 6.07) is 24.9. The molecule has 134 valence electrons. The maximum Gasteiger partial charge on any atom is 0.127 e. The number of ether oxygens (including phenoxy) is 2. The van der Waals surface area contributed by atoms with E-state index in [1.165, 1.54) is 0 Å². The van der Waals surface area contributed by atoms with E-state index >= 15 is 0 Å². The molecule has 0 aliphatic carbocycles. The topological polar surface area (TPSA) is 36.3 Å². The SMILES string of the molecule is COc1ccc(Oc2ccc(-c3ccn(-c4ccc(Cl)cc4)n3)cc2)cc1. The normalized spacial score (nSPS) is 10.6. The van der Waals surface area contributed by atoms with Crippen LogP contribution in [0.15, 0.2) is 85.1 Å². The van der Waals surface area contributed by atoms with E-state index < -0.39 is 0 Å². The Kier molecular flexibility index (Phi) is 4.81. The number of rotatable bonds is 5. The third-order valence-corrected chi connectivity index (χ3v) is 4.38. The molecule has 3 aromatic carbocycles. The lowest BCUT2D eigenvalue weighted by Gasteiger charge is -2.07. The van der Waals surface area contributed by atoms with Crippen LogP contribution < -0.4 is 9.47 Å². The third-order valence-electron chi connectivity index (χ3n) is 4.13. The van der Waals surface area contributed by atoms with Gasteiger partial charge in [0.2, 0.25) is 0 Å². The van der Waals surface area contributed by atoms with Crippen LogP contribution in [0, 0.1) is 0 Å². The van der Waals surface area contributed by atoms with Gasteiger partial charge in [-0.15, -0.1) is 0 Å². The zero-order valence-corrected chi connectivity index (χ0v) is 15.4. The van der Waals surface area contributed by atoms with Crippen molar-refractivity contribution in [2.75, 3.05) is 7.11 Å². The Morgan fingerprint density at radius 2 is 1.33 bits per heavy atom. The zero-order chi connectivity index (χ0) is 18.6. The van der Waals surface area contributed by atoms with Gasteiger partial charge in [-0.2, -0.15) is 5.10 Å². The number of methoxy groups -OCH3 is 1. The average molecular weight is 377 g/mol. The molecule has 0 spiro atoms. The first-order chi connectivity index (χ1) is 13.2. The highest BCUT2D eigenvalue weighted by atomic mass is 35.5. The summed E-state index contributed by atoms with van der Waals surface area (Å²) in [5.41, 5.74) is 2.87. The Hall–Kier alpha value is -3.24. The molecular weight excluding hydrogens is 360 g/mol. The summed E-state index contributed by atoms with van der Waals surface area (Å²) in [6.45, 7) is 0. The number of benzene rings is 3. The van der Waals surface area contributed by atoms with Crippen LogP contribution in [-0.2, 0) is 0 Å². The summed E-state index contributed by atoms with van der Waals surface area (Å²) in [5.74, 6) is 2.32. The number of hydrogen-bond donors (Lipinski definition) is 0. The first-order valence-corrected chi connectivity index (χ1v) is 8.83. The summed E-state index contributed by atoms with van der Waals surface area (Å²) < 4.78 is 12.8. The van der Waals surface area contributed by atoms with Gasteiger partial charge in [-0.3, -0.25) is 0 Å². The first-order valence-electron chi connectivity index (χ1n) is 8.45. The van der Waals surface area contributed by atoms with Gasteiger partial charge >= 0.3 is 0 Å². The van der Waals surface area contributed by atoms with E-state index in [0.717, 1.165) is 34.2 Å². The van der Waals surface area contributed by atoms with Crippen molar-refractivity contribution in [3.8, 4) is 34.2 Å². The second kappa shape index (κ2) is 7.56. The average Bonchev–Trinajstić information content (AvgIpc) is 3.20. The lowest BCUT2D eigenvalue weighted by molar-refractivity contribution is 0.413. The van der Waals surface area contributed by atoms with E-state index in [-0.39, 0.29) is 0 Å². The predicted molar refractivity (Wildman–Crippen MR) is 107 cm³/mol. The molecule has 0 radical (unpaired) electrons. The largest absolute Gasteiger partial charge is 0.497 e. The fourth-order valence-electron chi connectivity index (χ4n) is 2.69. The number of hydrogen-bond acceptors (Lipinski definition) is 3. The quantitative estimate of drug-likeness (QED) is 0.429. The Morgan fingerprint density at radius 3 is 1.96 bits per heavy atom. The molecule has 0 atom stereocenters. The van der Waals surface area contributed by atoms with Crippen LogP contribution in [0.25, 0.3) is 16.9 Å². The molecule has 0 amide bonds. The molecular formula is C22H17ClN2O2. The van der Waals surface area contributed by atoms with Gasteiger partial charge in [0.05, 0.1) is 18.5 Å². The second-order valence-electron chi connectivity index (χ2n) is 5.92. The van der Waals surface area contributed by atoms with Gasteiger partial charge in [0.1, 0.15) is 17.2 Å². The van der Waals surface area contributed by atoms with E-state index in [1.807, 2.05) is 89.7 Å². The Balaban J connectivity index is 1.49. The molecule has 0 aliphatic rings. The molecule has 1 heterocycles. The lowest BCUT2D eigenvalue weighted by Crippen LogP contribution is -1.94. The smallest absolute Gasteiger partial charge is 0.127 e. The predicted octanol–water partition coefficient (Wildman–Crippen LogP) is 5.99. The highest BCUT2D eigenvalue weighted by Crippen LogP contribution is 2.26. The fourth-order valence-corrected chi connectivity index (χ4v) is 2.82. The van der Waals surface area contributed by atoms with Gasteiger partial charge in [0.25, 0.3) is 0 Å². The summed E-state index contributed by atoms with van der Waals surface area (Å²) in [4.78, 5) is 0. The minimum atomic E-state index is 0.707. The van der Waals surface area contributed by atoms with Crippen molar-refractivity contribution in [1.29, 1.82) is 0 Å². The molecule has 0 saturated heterocycles. The number of nitrogens with zero attached hydrogens (tertiary/aromatic N) is 2. The maximum absolute atomic E-state index is 5.94. The minimum absolute atomic E-state index is 0.707. The Morgan fingerprint density at radius 1 is 0.741 bits per heavy atom. The molecule has 4 aromatic rings. The number of aromatic nitrogens is 2. The second-order valence-corrected chi connectivity index (χ2v) is 6.36. The van der Waals surface area contributed by atoms with Gasteiger partial charge in [0, 0.05) is 16.8 Å². The van der Waals surface area contributed by atoms with Crippen molar-refractivity contribution < 1.29 is 9.47 Å². The molecule has 0 fully saturated rings. The number of halogens is 1. The van der Waals surface area contributed by atoms with E-state index in [1.54, 1.807) is 7.11 Å². The first kappa shape index (κ1) is 17.2. The highest BCUT2D eigenvalue weighted by Gasteiger charge is 2.05. The summed E-state index contributed by atoms with van der Waals surface area (Å²) in [6.07, 6.45) is 1.93. The molecule has 5 heteroatoms. The van der Waals surface area contributed by atoms with Crippen LogP contribution in [0.3, 0.4) is 0 Å². The van der Waals surface area contributed by atoms with Crippen LogP contribution in [0.2, 0.25) is 5.02 Å². The van der Waals surface area contributed by atoms with Crippen molar-refractivity contribution in [2.45, 2.75) is 0 Å². The van der Waals surface area contributed by atoms with Gasteiger partial charge < -0.3 is 9.47 Å². The van der Waals surface area contributed by atoms with Crippen LogP contribution >= 0.6 is 11.6 Å². The van der Waals surface area contributed by atoms with Gasteiger partial charge in [0.15, 0.2) is 0 Å². The van der Waals surface area contributed by atoms with E-state index in [2.05, 4.69) is 5.10 Å². The molecule has 0 bridgehead atoms. The van der Waals surface area contributed by atoms with E-state index in [4.69, 9.17) is 21.1 Å². The molecule has 4 nitrogen and oxygen atoms in total. The van der Waals surface area contributed by atoms with Crippen LogP contribution in [0.5, 0.6) is 17.2 Å². The van der Waals surface area contributed by atoms with Crippen LogP contribution in [0.4, 0.5) is 0 Å². The third kappa shape index (κ3) is 3.96. The Bertz CT molecular complexity index is 1020. The fraction of sp³-hybridized carbons (Fsp3) is 0.0455. The van der Waals surface area contributed by atoms with Crippen molar-refractivity contribution in [3.63, 3.8) is 0 Å². The molecule has 0 unspecified atom stereocenters. The minimum Gasteiger partial charge on any atom is -0.497 e. The van der Waals surface area contributed by atoms with Crippen molar-refractivity contribution >= 4 is 11.6 Å². The maximum atomic E-state index is 5.94. The Labute approximate surface area is 162 Å². The summed E-state index contributed by atoms with van der Waals surface area (Å²) >= 11 is 5.94. The van der Waals surface area contributed by atoms with E-state index in [0.29, 0.717) is 5.02 Å². The molecule has 0 aliphatic heterocycles. The van der Waals surface area contributed by atoms with Crippen molar-refractivity contribution in [1.82, 2.24) is 9.78 Å². The van der Waals surface area contributed by atoms with Gasteiger partial charge in [-0.1, -0.05) is 11.6 Å². The lowest BCUT2D eigenvalue weighted by atomic mass is 10.1.